The van der Waals surface area contributed by atoms with Crippen LogP contribution in [0.15, 0.2) is 10.9 Å². The van der Waals surface area contributed by atoms with E-state index in [1.165, 1.54) is 0 Å². The zero-order valence-corrected chi connectivity index (χ0v) is 7.60. The number of ether oxygens (including phenoxy) is 1. The first-order chi connectivity index (χ1) is 5.65. The molecule has 1 aromatic rings. The Morgan fingerprint density at radius 3 is 2.67 bits per heavy atom. The molecule has 0 radical (unpaired) electrons. The highest BCUT2D eigenvalue weighted by atomic mass is 16.5. The fourth-order valence-corrected chi connectivity index (χ4v) is 1.17. The van der Waals surface area contributed by atoms with Crippen molar-refractivity contribution < 1.29 is 4.74 Å². The summed E-state index contributed by atoms with van der Waals surface area (Å²) in [5.41, 5.74) is 1.61. The fraction of sp³-hybridized carbons (Fsp3) is 0.444. The number of H-pyrrole nitrogens is 1. The molecule has 1 heterocycles. The molecule has 0 aliphatic rings. The lowest BCUT2D eigenvalue weighted by molar-refractivity contribution is 0.332. The Labute approximate surface area is 71.4 Å². The van der Waals surface area contributed by atoms with Crippen LogP contribution < -0.4 is 10.3 Å². The average molecular weight is 167 g/mol. The lowest BCUT2D eigenvalue weighted by Crippen LogP contribution is -2.13. The predicted molar refractivity (Wildman–Crippen MR) is 47.7 cm³/mol. The summed E-state index contributed by atoms with van der Waals surface area (Å²) in [4.78, 5) is 14.0. The maximum atomic E-state index is 11.3. The van der Waals surface area contributed by atoms with Crippen LogP contribution in [0.1, 0.15) is 18.2 Å². The summed E-state index contributed by atoms with van der Waals surface area (Å²) in [5, 5.41) is 0. The number of aryl methyl sites for hydroxylation is 2. The third-order valence-corrected chi connectivity index (χ3v) is 1.60. The monoisotopic (exact) mass is 167 g/mol. The summed E-state index contributed by atoms with van der Waals surface area (Å²) in [6.07, 6.45) is 0. The van der Waals surface area contributed by atoms with Crippen LogP contribution in [-0.4, -0.2) is 11.6 Å². The molecule has 0 unspecified atom stereocenters. The van der Waals surface area contributed by atoms with Gasteiger partial charge in [-0.2, -0.15) is 0 Å². The molecule has 12 heavy (non-hydrogen) atoms. The van der Waals surface area contributed by atoms with Crippen LogP contribution in [0.2, 0.25) is 0 Å². The van der Waals surface area contributed by atoms with Gasteiger partial charge in [-0.15, -0.1) is 0 Å². The molecule has 1 N–H and O–H groups in total. The van der Waals surface area contributed by atoms with Crippen molar-refractivity contribution in [1.29, 1.82) is 0 Å². The smallest absolute Gasteiger partial charge is 0.290 e. The van der Waals surface area contributed by atoms with Crippen molar-refractivity contribution in [2.45, 2.75) is 20.8 Å². The number of nitrogens with one attached hydrogen (secondary N) is 1. The van der Waals surface area contributed by atoms with Crippen LogP contribution in [-0.2, 0) is 0 Å². The van der Waals surface area contributed by atoms with E-state index in [1.54, 1.807) is 0 Å². The molecule has 3 nitrogen and oxygen atoms in total. The summed E-state index contributed by atoms with van der Waals surface area (Å²) in [6.45, 7) is 6.10. The van der Waals surface area contributed by atoms with Crippen LogP contribution in [0, 0.1) is 13.8 Å². The second-order valence-electron chi connectivity index (χ2n) is 2.73. The Morgan fingerprint density at radius 2 is 2.17 bits per heavy atom. The molecule has 0 saturated heterocycles. The summed E-state index contributed by atoms with van der Waals surface area (Å²) >= 11 is 0. The third kappa shape index (κ3) is 1.67. The second kappa shape index (κ2) is 3.43. The topological polar surface area (TPSA) is 42.1 Å². The molecule has 0 bridgehead atoms. The van der Waals surface area contributed by atoms with Crippen LogP contribution in [0.25, 0.3) is 0 Å². The first kappa shape index (κ1) is 8.84. The Hall–Kier alpha value is -1.25. The summed E-state index contributed by atoms with van der Waals surface area (Å²) in [7, 11) is 0. The van der Waals surface area contributed by atoms with Crippen molar-refractivity contribution in [1.82, 2.24) is 4.98 Å². The van der Waals surface area contributed by atoms with Gasteiger partial charge in [-0.05, 0) is 32.4 Å². The van der Waals surface area contributed by atoms with Gasteiger partial charge in [-0.1, -0.05) is 0 Å². The van der Waals surface area contributed by atoms with Gasteiger partial charge in [-0.25, -0.2) is 0 Å². The van der Waals surface area contributed by atoms with Crippen molar-refractivity contribution in [2.24, 2.45) is 0 Å². The fourth-order valence-electron chi connectivity index (χ4n) is 1.17. The van der Waals surface area contributed by atoms with Crippen molar-refractivity contribution in [3.8, 4) is 5.75 Å². The van der Waals surface area contributed by atoms with Gasteiger partial charge in [0.1, 0.15) is 0 Å². The summed E-state index contributed by atoms with van der Waals surface area (Å²) in [6, 6.07) is 1.90. The summed E-state index contributed by atoms with van der Waals surface area (Å²) < 4.78 is 5.18. The van der Waals surface area contributed by atoms with Gasteiger partial charge in [0.15, 0.2) is 5.75 Å². The van der Waals surface area contributed by atoms with Crippen LogP contribution in [0.3, 0.4) is 0 Å². The molecule has 0 amide bonds. The van der Waals surface area contributed by atoms with Gasteiger partial charge < -0.3 is 9.72 Å². The molecule has 3 heteroatoms. The molecule has 1 aromatic heterocycles. The van der Waals surface area contributed by atoms with Gasteiger partial charge in [0, 0.05) is 5.69 Å². The normalized spacial score (nSPS) is 9.92. The quantitative estimate of drug-likeness (QED) is 0.723. The molecule has 0 spiro atoms. The van der Waals surface area contributed by atoms with Gasteiger partial charge in [0.25, 0.3) is 5.56 Å². The number of hydrogen-bond donors (Lipinski definition) is 1. The zero-order valence-electron chi connectivity index (χ0n) is 7.60. The molecular weight excluding hydrogens is 154 g/mol. The van der Waals surface area contributed by atoms with E-state index in [-0.39, 0.29) is 5.56 Å². The lowest BCUT2D eigenvalue weighted by Gasteiger charge is -2.05. The van der Waals surface area contributed by atoms with Gasteiger partial charge in [-0.3, -0.25) is 4.79 Å². The van der Waals surface area contributed by atoms with Crippen molar-refractivity contribution in [3.05, 3.63) is 27.7 Å². The van der Waals surface area contributed by atoms with Gasteiger partial charge >= 0.3 is 0 Å². The Kier molecular flexibility index (Phi) is 2.53. The van der Waals surface area contributed by atoms with E-state index < -0.39 is 0 Å². The summed E-state index contributed by atoms with van der Waals surface area (Å²) in [5.74, 6) is 0.433. The van der Waals surface area contributed by atoms with E-state index in [4.69, 9.17) is 4.74 Å². The molecule has 0 saturated carbocycles. The third-order valence-electron chi connectivity index (χ3n) is 1.60. The minimum Gasteiger partial charge on any atom is -0.488 e. The predicted octanol–water partition coefficient (Wildman–Crippen LogP) is 1.39. The lowest BCUT2D eigenvalue weighted by atomic mass is 10.2. The van der Waals surface area contributed by atoms with E-state index in [2.05, 4.69) is 4.98 Å². The standard InChI is InChI=1S/C9H13NO2/c1-4-12-8-6(2)5-7(3)10-9(8)11/h5H,4H2,1-3H3,(H,10,11). The molecule has 0 fully saturated rings. The van der Waals surface area contributed by atoms with E-state index in [0.29, 0.717) is 12.4 Å². The zero-order chi connectivity index (χ0) is 9.14. The largest absolute Gasteiger partial charge is 0.488 e. The molecule has 0 aromatic carbocycles. The van der Waals surface area contributed by atoms with Crippen molar-refractivity contribution in [3.63, 3.8) is 0 Å². The maximum Gasteiger partial charge on any atom is 0.290 e. The number of pyridine rings is 1. The first-order valence-electron chi connectivity index (χ1n) is 3.98. The van der Waals surface area contributed by atoms with E-state index >= 15 is 0 Å². The van der Waals surface area contributed by atoms with Gasteiger partial charge in [0.05, 0.1) is 6.61 Å². The molecular formula is C9H13NO2. The van der Waals surface area contributed by atoms with Crippen LogP contribution >= 0.6 is 0 Å². The minimum absolute atomic E-state index is 0.144. The van der Waals surface area contributed by atoms with Crippen molar-refractivity contribution >= 4 is 0 Å². The van der Waals surface area contributed by atoms with E-state index in [9.17, 15) is 4.79 Å². The highest BCUT2D eigenvalue weighted by Gasteiger charge is 2.03. The van der Waals surface area contributed by atoms with E-state index in [1.807, 2.05) is 26.8 Å². The second-order valence-corrected chi connectivity index (χ2v) is 2.73. The Balaban J connectivity index is 3.19. The number of aromatic nitrogens is 1. The molecule has 66 valence electrons. The molecule has 0 aliphatic heterocycles. The molecule has 1 rings (SSSR count). The minimum atomic E-state index is -0.144. The average Bonchev–Trinajstić information content (AvgIpc) is 1.96. The number of aromatic amines is 1. The number of hydrogen-bond acceptors (Lipinski definition) is 2. The van der Waals surface area contributed by atoms with Crippen molar-refractivity contribution in [2.75, 3.05) is 6.61 Å². The Bertz CT molecular complexity index is 328. The maximum absolute atomic E-state index is 11.3. The first-order valence-corrected chi connectivity index (χ1v) is 3.98. The van der Waals surface area contributed by atoms with Crippen LogP contribution in [0.5, 0.6) is 5.75 Å². The number of rotatable bonds is 2. The highest BCUT2D eigenvalue weighted by molar-refractivity contribution is 5.30. The molecule has 0 aliphatic carbocycles. The van der Waals surface area contributed by atoms with E-state index in [0.717, 1.165) is 11.3 Å². The van der Waals surface area contributed by atoms with Crippen LogP contribution in [0.4, 0.5) is 0 Å². The SMILES string of the molecule is CCOc1c(C)cc(C)[nH]c1=O. The highest BCUT2D eigenvalue weighted by Crippen LogP contribution is 2.10. The Morgan fingerprint density at radius 1 is 1.50 bits per heavy atom. The molecule has 0 atom stereocenters. The van der Waals surface area contributed by atoms with Gasteiger partial charge in [0.2, 0.25) is 0 Å².